The van der Waals surface area contributed by atoms with E-state index >= 15 is 0 Å². The molecule has 1 aliphatic heterocycles. The fourth-order valence-corrected chi connectivity index (χ4v) is 2.69. The smallest absolute Gasteiger partial charge is 0.225 e. The first-order valence-electron chi connectivity index (χ1n) is 5.70. The number of amides is 1. The van der Waals surface area contributed by atoms with Crippen LogP contribution in [0.3, 0.4) is 0 Å². The SMILES string of the molecule is CSC1=C(C#N)[C@@H](c2ccc(C)cc2)CC(=O)N1. The van der Waals surface area contributed by atoms with Crippen molar-refractivity contribution in [3.63, 3.8) is 0 Å². The molecule has 1 aromatic carbocycles. The summed E-state index contributed by atoms with van der Waals surface area (Å²) in [7, 11) is 0. The van der Waals surface area contributed by atoms with Crippen LogP contribution in [0, 0.1) is 18.3 Å². The summed E-state index contributed by atoms with van der Waals surface area (Å²) in [5.41, 5.74) is 2.86. The van der Waals surface area contributed by atoms with Crippen LogP contribution in [-0.4, -0.2) is 12.2 Å². The predicted octanol–water partition coefficient (Wildman–Crippen LogP) is 2.70. The van der Waals surface area contributed by atoms with Gasteiger partial charge in [-0.05, 0) is 18.7 Å². The van der Waals surface area contributed by atoms with Gasteiger partial charge in [-0.2, -0.15) is 5.26 Å². The maximum atomic E-state index is 11.7. The maximum absolute atomic E-state index is 11.7. The highest BCUT2D eigenvalue weighted by molar-refractivity contribution is 8.02. The summed E-state index contributed by atoms with van der Waals surface area (Å²) < 4.78 is 0. The molecule has 0 bridgehead atoms. The summed E-state index contributed by atoms with van der Waals surface area (Å²) >= 11 is 1.41. The Balaban J connectivity index is 2.45. The van der Waals surface area contributed by atoms with Gasteiger partial charge in [0.05, 0.1) is 16.7 Å². The molecule has 0 saturated carbocycles. The predicted molar refractivity (Wildman–Crippen MR) is 72.8 cm³/mol. The fourth-order valence-electron chi connectivity index (χ4n) is 2.06. The zero-order valence-corrected chi connectivity index (χ0v) is 11.2. The molecule has 1 atom stereocenters. The number of carbonyl (C=O) groups excluding carboxylic acids is 1. The number of nitriles is 1. The molecule has 1 N–H and O–H groups in total. The first-order chi connectivity index (χ1) is 8.65. The van der Waals surface area contributed by atoms with Crippen LogP contribution >= 0.6 is 11.8 Å². The lowest BCUT2D eigenvalue weighted by Crippen LogP contribution is -2.30. The molecule has 1 aromatic rings. The molecule has 0 fully saturated rings. The molecular formula is C14H14N2OS. The highest BCUT2D eigenvalue weighted by atomic mass is 32.2. The monoisotopic (exact) mass is 258 g/mol. The normalized spacial score (nSPS) is 19.4. The summed E-state index contributed by atoms with van der Waals surface area (Å²) in [5.74, 6) is -0.143. The maximum Gasteiger partial charge on any atom is 0.225 e. The number of hydrogen-bond donors (Lipinski definition) is 1. The van der Waals surface area contributed by atoms with Gasteiger partial charge in [0, 0.05) is 12.3 Å². The molecule has 92 valence electrons. The Bertz CT molecular complexity index is 540. The zero-order valence-electron chi connectivity index (χ0n) is 10.4. The molecular weight excluding hydrogens is 244 g/mol. The highest BCUT2D eigenvalue weighted by Gasteiger charge is 2.28. The van der Waals surface area contributed by atoms with Crippen molar-refractivity contribution in [3.05, 3.63) is 46.0 Å². The summed E-state index contributed by atoms with van der Waals surface area (Å²) in [4.78, 5) is 11.7. The topological polar surface area (TPSA) is 52.9 Å². The molecule has 0 saturated heterocycles. The number of aryl methyl sites for hydroxylation is 1. The van der Waals surface area contributed by atoms with E-state index in [4.69, 9.17) is 0 Å². The van der Waals surface area contributed by atoms with Crippen LogP contribution in [-0.2, 0) is 4.79 Å². The summed E-state index contributed by atoms with van der Waals surface area (Å²) in [5, 5.41) is 12.7. The first kappa shape index (κ1) is 12.7. The van der Waals surface area contributed by atoms with Gasteiger partial charge in [0.2, 0.25) is 5.91 Å². The van der Waals surface area contributed by atoms with E-state index in [2.05, 4.69) is 11.4 Å². The summed E-state index contributed by atoms with van der Waals surface area (Å²) in [6.07, 6.45) is 2.21. The Labute approximate surface area is 111 Å². The van der Waals surface area contributed by atoms with E-state index in [1.54, 1.807) is 0 Å². The molecule has 4 heteroatoms. The molecule has 0 spiro atoms. The van der Waals surface area contributed by atoms with Crippen LogP contribution in [0.5, 0.6) is 0 Å². The molecule has 0 unspecified atom stereocenters. The van der Waals surface area contributed by atoms with E-state index in [1.165, 1.54) is 17.3 Å². The number of thioether (sulfide) groups is 1. The van der Waals surface area contributed by atoms with Gasteiger partial charge in [0.25, 0.3) is 0 Å². The highest BCUT2D eigenvalue weighted by Crippen LogP contribution is 2.35. The third-order valence-electron chi connectivity index (χ3n) is 3.04. The quantitative estimate of drug-likeness (QED) is 0.887. The van der Waals surface area contributed by atoms with Crippen molar-refractivity contribution in [1.29, 1.82) is 5.26 Å². The van der Waals surface area contributed by atoms with Crippen molar-refractivity contribution < 1.29 is 4.79 Å². The van der Waals surface area contributed by atoms with Crippen LogP contribution < -0.4 is 5.32 Å². The minimum atomic E-state index is -0.119. The van der Waals surface area contributed by atoms with Crippen molar-refractivity contribution in [2.24, 2.45) is 0 Å². The Hall–Kier alpha value is -1.73. The van der Waals surface area contributed by atoms with Crippen LogP contribution in [0.4, 0.5) is 0 Å². The van der Waals surface area contributed by atoms with Gasteiger partial charge in [-0.3, -0.25) is 4.79 Å². The standard InChI is InChI=1S/C14H14N2OS/c1-9-3-5-10(6-4-9)11-7-13(17)16-14(18-2)12(11)8-15/h3-6,11H,7H2,1-2H3,(H,16,17)/t11-/m1/s1. The Morgan fingerprint density at radius 1 is 1.39 bits per heavy atom. The van der Waals surface area contributed by atoms with Crippen molar-refractivity contribution >= 4 is 17.7 Å². The molecule has 1 heterocycles. The second-order valence-electron chi connectivity index (χ2n) is 4.27. The third kappa shape index (κ3) is 2.41. The fraction of sp³-hybridized carbons (Fsp3) is 0.286. The second-order valence-corrected chi connectivity index (χ2v) is 5.09. The van der Waals surface area contributed by atoms with Crippen LogP contribution in [0.25, 0.3) is 0 Å². The van der Waals surface area contributed by atoms with Crippen LogP contribution in [0.15, 0.2) is 34.9 Å². The molecule has 3 nitrogen and oxygen atoms in total. The van der Waals surface area contributed by atoms with Gasteiger partial charge in [0.15, 0.2) is 0 Å². The lowest BCUT2D eigenvalue weighted by molar-refractivity contribution is -0.120. The Morgan fingerprint density at radius 2 is 2.06 bits per heavy atom. The van der Waals surface area contributed by atoms with E-state index in [0.717, 1.165) is 5.56 Å². The lowest BCUT2D eigenvalue weighted by atomic mass is 9.87. The van der Waals surface area contributed by atoms with E-state index in [1.807, 2.05) is 37.4 Å². The van der Waals surface area contributed by atoms with Crippen molar-refractivity contribution in [2.75, 3.05) is 6.26 Å². The average molecular weight is 258 g/mol. The summed E-state index contributed by atoms with van der Waals surface area (Å²) in [6.45, 7) is 2.02. The average Bonchev–Trinajstić information content (AvgIpc) is 2.38. The van der Waals surface area contributed by atoms with Crippen molar-refractivity contribution in [1.82, 2.24) is 5.32 Å². The molecule has 0 radical (unpaired) electrons. The molecule has 0 aliphatic carbocycles. The largest absolute Gasteiger partial charge is 0.320 e. The van der Waals surface area contributed by atoms with Crippen molar-refractivity contribution in [2.45, 2.75) is 19.3 Å². The molecule has 2 rings (SSSR count). The molecule has 1 aliphatic rings. The molecule has 0 aromatic heterocycles. The molecule has 1 amide bonds. The second kappa shape index (κ2) is 5.28. The number of benzene rings is 1. The Morgan fingerprint density at radius 3 is 2.61 bits per heavy atom. The minimum Gasteiger partial charge on any atom is -0.320 e. The number of allylic oxidation sites excluding steroid dienone is 1. The van der Waals surface area contributed by atoms with Gasteiger partial charge >= 0.3 is 0 Å². The van der Waals surface area contributed by atoms with Gasteiger partial charge in [0.1, 0.15) is 0 Å². The lowest BCUT2D eigenvalue weighted by Gasteiger charge is -2.24. The van der Waals surface area contributed by atoms with Crippen LogP contribution in [0.2, 0.25) is 0 Å². The number of hydrogen-bond acceptors (Lipinski definition) is 3. The number of carbonyl (C=O) groups is 1. The van der Waals surface area contributed by atoms with Gasteiger partial charge in [-0.1, -0.05) is 29.8 Å². The first-order valence-corrected chi connectivity index (χ1v) is 6.93. The van der Waals surface area contributed by atoms with E-state index < -0.39 is 0 Å². The third-order valence-corrected chi connectivity index (χ3v) is 3.77. The molecule has 18 heavy (non-hydrogen) atoms. The zero-order chi connectivity index (χ0) is 13.1. The van der Waals surface area contributed by atoms with Crippen molar-refractivity contribution in [3.8, 4) is 6.07 Å². The summed E-state index contributed by atoms with van der Waals surface area (Å²) in [6, 6.07) is 10.2. The van der Waals surface area contributed by atoms with E-state index in [-0.39, 0.29) is 11.8 Å². The Kier molecular flexibility index (Phi) is 3.73. The van der Waals surface area contributed by atoms with Gasteiger partial charge in [-0.25, -0.2) is 0 Å². The number of nitrogens with one attached hydrogen (secondary N) is 1. The van der Waals surface area contributed by atoms with E-state index in [9.17, 15) is 10.1 Å². The van der Waals surface area contributed by atoms with Gasteiger partial charge in [-0.15, -0.1) is 11.8 Å². The number of rotatable bonds is 2. The number of nitrogens with zero attached hydrogens (tertiary/aromatic N) is 1. The van der Waals surface area contributed by atoms with Gasteiger partial charge < -0.3 is 5.32 Å². The minimum absolute atomic E-state index is 0.0241. The van der Waals surface area contributed by atoms with Crippen LogP contribution in [0.1, 0.15) is 23.5 Å². The van der Waals surface area contributed by atoms with E-state index in [0.29, 0.717) is 17.0 Å².